The van der Waals surface area contributed by atoms with Crippen LogP contribution in [0.3, 0.4) is 0 Å². The predicted octanol–water partition coefficient (Wildman–Crippen LogP) is 4.90. The second-order valence-electron chi connectivity index (χ2n) is 5.45. The number of anilines is 1. The minimum atomic E-state index is -0.949. The summed E-state index contributed by atoms with van der Waals surface area (Å²) in [5.41, 5.74) is 1.40. The van der Waals surface area contributed by atoms with Crippen LogP contribution in [0.15, 0.2) is 36.4 Å². The van der Waals surface area contributed by atoms with Crippen LogP contribution in [0.4, 0.5) is 5.69 Å². The highest BCUT2D eigenvalue weighted by Crippen LogP contribution is 2.28. The first-order valence-corrected chi connectivity index (χ1v) is 8.74. The van der Waals surface area contributed by atoms with Crippen LogP contribution in [0.1, 0.15) is 12.5 Å². The van der Waals surface area contributed by atoms with Crippen LogP contribution in [0, 0.1) is 6.92 Å². The van der Waals surface area contributed by atoms with Gasteiger partial charge in [0.25, 0.3) is 5.91 Å². The van der Waals surface area contributed by atoms with Crippen molar-refractivity contribution in [1.29, 1.82) is 0 Å². The number of rotatable bonds is 6. The van der Waals surface area contributed by atoms with Crippen molar-refractivity contribution in [1.82, 2.24) is 0 Å². The molecule has 2 aromatic rings. The molecule has 0 aliphatic heterocycles. The number of carbonyl (C=O) groups excluding carboxylic acids is 2. The number of halogens is 3. The van der Waals surface area contributed by atoms with E-state index in [9.17, 15) is 9.59 Å². The zero-order valence-corrected chi connectivity index (χ0v) is 16.3. The Balaban J connectivity index is 1.84. The van der Waals surface area contributed by atoms with Gasteiger partial charge >= 0.3 is 5.97 Å². The Hall–Kier alpha value is -1.95. The smallest absolute Gasteiger partial charge is 0.347 e. The molecule has 0 saturated heterocycles. The van der Waals surface area contributed by atoms with Crippen LogP contribution < -0.4 is 10.1 Å². The lowest BCUT2D eigenvalue weighted by Gasteiger charge is -2.15. The molecule has 2 rings (SSSR count). The second-order valence-corrected chi connectivity index (χ2v) is 6.71. The molecule has 0 fully saturated rings. The van der Waals surface area contributed by atoms with Crippen LogP contribution in [0.5, 0.6) is 5.75 Å². The molecule has 0 spiro atoms. The molecule has 0 aromatic heterocycles. The number of nitrogens with one attached hydrogen (secondary N) is 1. The Morgan fingerprint density at radius 1 is 1.08 bits per heavy atom. The van der Waals surface area contributed by atoms with Gasteiger partial charge in [-0.05, 0) is 49.7 Å². The maximum Gasteiger partial charge on any atom is 0.347 e. The molecule has 0 radical (unpaired) electrons. The van der Waals surface area contributed by atoms with Crippen molar-refractivity contribution in [3.05, 3.63) is 57.0 Å². The first-order chi connectivity index (χ1) is 12.3. The molecule has 138 valence electrons. The Morgan fingerprint density at radius 3 is 2.46 bits per heavy atom. The van der Waals surface area contributed by atoms with Crippen LogP contribution in [0.25, 0.3) is 0 Å². The van der Waals surface area contributed by atoms with E-state index in [0.717, 1.165) is 5.56 Å². The van der Waals surface area contributed by atoms with Crippen molar-refractivity contribution in [3.63, 3.8) is 0 Å². The molecule has 26 heavy (non-hydrogen) atoms. The Bertz CT molecular complexity index is 826. The number of ether oxygens (including phenoxy) is 2. The molecule has 0 bridgehead atoms. The van der Waals surface area contributed by atoms with Crippen LogP contribution >= 0.6 is 34.8 Å². The summed E-state index contributed by atoms with van der Waals surface area (Å²) in [4.78, 5) is 23.8. The van der Waals surface area contributed by atoms with Gasteiger partial charge in [-0.3, -0.25) is 4.79 Å². The van der Waals surface area contributed by atoms with Crippen molar-refractivity contribution in [3.8, 4) is 5.75 Å². The zero-order chi connectivity index (χ0) is 19.3. The summed E-state index contributed by atoms with van der Waals surface area (Å²) < 4.78 is 10.4. The Morgan fingerprint density at radius 2 is 1.81 bits per heavy atom. The molecule has 5 nitrogen and oxygen atoms in total. The van der Waals surface area contributed by atoms with Crippen molar-refractivity contribution in [2.75, 3.05) is 11.9 Å². The highest BCUT2D eigenvalue weighted by Gasteiger charge is 2.19. The van der Waals surface area contributed by atoms with Gasteiger partial charge in [0.05, 0.1) is 5.02 Å². The number of hydrogen-bond donors (Lipinski definition) is 1. The number of esters is 1. The third kappa shape index (κ3) is 5.80. The average molecular weight is 417 g/mol. The molecule has 0 aliphatic carbocycles. The van der Waals surface area contributed by atoms with Gasteiger partial charge in [-0.1, -0.05) is 40.9 Å². The average Bonchev–Trinajstić information content (AvgIpc) is 2.58. The number of benzene rings is 2. The van der Waals surface area contributed by atoms with Crippen molar-refractivity contribution in [2.45, 2.75) is 20.0 Å². The van der Waals surface area contributed by atoms with Gasteiger partial charge in [-0.15, -0.1) is 0 Å². The van der Waals surface area contributed by atoms with Crippen molar-refractivity contribution < 1.29 is 19.1 Å². The van der Waals surface area contributed by atoms with Gasteiger partial charge in [0.1, 0.15) is 5.75 Å². The summed E-state index contributed by atoms with van der Waals surface area (Å²) in [6, 6.07) is 9.72. The van der Waals surface area contributed by atoms with E-state index >= 15 is 0 Å². The lowest BCUT2D eigenvalue weighted by Crippen LogP contribution is -2.29. The normalized spacial score (nSPS) is 11.6. The lowest BCUT2D eigenvalue weighted by atomic mass is 10.2. The third-order valence-electron chi connectivity index (χ3n) is 3.33. The van der Waals surface area contributed by atoms with E-state index < -0.39 is 24.6 Å². The fourth-order valence-corrected chi connectivity index (χ4v) is 2.56. The Labute approximate surface area is 166 Å². The number of hydrogen-bond acceptors (Lipinski definition) is 4. The maximum absolute atomic E-state index is 12.0. The minimum Gasteiger partial charge on any atom is -0.477 e. The first kappa shape index (κ1) is 20.4. The van der Waals surface area contributed by atoms with E-state index in [0.29, 0.717) is 21.5 Å². The summed E-state index contributed by atoms with van der Waals surface area (Å²) in [6.45, 7) is 2.89. The number of amides is 1. The van der Waals surface area contributed by atoms with E-state index in [-0.39, 0.29) is 5.02 Å². The topological polar surface area (TPSA) is 64.6 Å². The maximum atomic E-state index is 12.0. The van der Waals surface area contributed by atoms with Gasteiger partial charge in [0.15, 0.2) is 12.7 Å². The largest absolute Gasteiger partial charge is 0.477 e. The van der Waals surface area contributed by atoms with Crippen LogP contribution in [-0.4, -0.2) is 24.6 Å². The molecule has 1 N–H and O–H groups in total. The van der Waals surface area contributed by atoms with Crippen LogP contribution in [-0.2, 0) is 14.3 Å². The fraction of sp³-hybridized carbons (Fsp3) is 0.222. The summed E-state index contributed by atoms with van der Waals surface area (Å²) in [7, 11) is 0. The predicted molar refractivity (Wildman–Crippen MR) is 102 cm³/mol. The van der Waals surface area contributed by atoms with E-state index in [4.69, 9.17) is 44.3 Å². The summed E-state index contributed by atoms with van der Waals surface area (Å²) in [6.07, 6.45) is -0.949. The van der Waals surface area contributed by atoms with E-state index in [1.54, 1.807) is 30.3 Å². The van der Waals surface area contributed by atoms with Crippen LogP contribution in [0.2, 0.25) is 15.1 Å². The fourth-order valence-electron chi connectivity index (χ4n) is 1.93. The molecule has 0 saturated carbocycles. The SMILES string of the molecule is Cc1ccc(NC(=O)COC(=O)[C@@H](C)Oc2ccc(Cl)cc2Cl)cc1Cl. The molecule has 0 aliphatic rings. The molecule has 1 atom stereocenters. The van der Waals surface area contributed by atoms with Crippen molar-refractivity contribution >= 4 is 52.4 Å². The van der Waals surface area contributed by atoms with Gasteiger partial charge < -0.3 is 14.8 Å². The summed E-state index contributed by atoms with van der Waals surface area (Å²) in [5, 5.41) is 3.84. The molecule has 1 amide bonds. The van der Waals surface area contributed by atoms with E-state index in [1.165, 1.54) is 13.0 Å². The highest BCUT2D eigenvalue weighted by atomic mass is 35.5. The van der Waals surface area contributed by atoms with Crippen molar-refractivity contribution in [2.24, 2.45) is 0 Å². The summed E-state index contributed by atoms with van der Waals surface area (Å²) in [5.74, 6) is -0.901. The summed E-state index contributed by atoms with van der Waals surface area (Å²) >= 11 is 17.8. The van der Waals surface area contributed by atoms with Gasteiger partial charge in [0.2, 0.25) is 0 Å². The molecule has 0 heterocycles. The van der Waals surface area contributed by atoms with Gasteiger partial charge in [-0.2, -0.15) is 0 Å². The van der Waals surface area contributed by atoms with E-state index in [1.807, 2.05) is 6.92 Å². The zero-order valence-electron chi connectivity index (χ0n) is 14.0. The second kappa shape index (κ2) is 9.12. The quantitative estimate of drug-likeness (QED) is 0.680. The number of aryl methyl sites for hydroxylation is 1. The third-order valence-corrected chi connectivity index (χ3v) is 4.27. The van der Waals surface area contributed by atoms with Gasteiger partial charge in [-0.25, -0.2) is 4.79 Å². The molecule has 8 heteroatoms. The first-order valence-electron chi connectivity index (χ1n) is 7.60. The molecule has 0 unspecified atom stereocenters. The molecular formula is C18H16Cl3NO4. The molecular weight excluding hydrogens is 401 g/mol. The minimum absolute atomic E-state index is 0.270. The van der Waals surface area contributed by atoms with Gasteiger partial charge in [0, 0.05) is 15.7 Å². The monoisotopic (exact) mass is 415 g/mol. The number of carbonyl (C=O) groups is 2. The highest BCUT2D eigenvalue weighted by molar-refractivity contribution is 6.35. The molecule has 2 aromatic carbocycles. The van der Waals surface area contributed by atoms with E-state index in [2.05, 4.69) is 5.32 Å². The Kier molecular flexibility index (Phi) is 7.14. The standard InChI is InChI=1S/C18H16Cl3NO4/c1-10-3-5-13(8-14(10)20)22-17(23)9-25-18(24)11(2)26-16-6-4-12(19)7-15(16)21/h3-8,11H,9H2,1-2H3,(H,22,23)/t11-/m1/s1. The lowest BCUT2D eigenvalue weighted by molar-refractivity contribution is -0.153.